The Balaban J connectivity index is 0.000000222. The molecule has 6 N–H and O–H groups in total. The largest absolute Gasteiger partial charge is 0.489 e. The molecule has 0 aromatic heterocycles. The molecule has 4 fully saturated rings. The Labute approximate surface area is 932 Å². The molecule has 1 unspecified atom stereocenters. The number of sulfone groups is 1. The van der Waals surface area contributed by atoms with Crippen molar-refractivity contribution < 1.29 is 44.9 Å². The first-order valence-corrected chi connectivity index (χ1v) is 62.4. The fourth-order valence-electron chi connectivity index (χ4n) is 18.3. The van der Waals surface area contributed by atoms with E-state index in [4.69, 9.17) is 92.6 Å². The summed E-state index contributed by atoms with van der Waals surface area (Å²) in [5, 5.41) is 26.0. The number of benzene rings is 10. The first kappa shape index (κ1) is 110. The number of hydrogen-bond acceptors (Lipinski definition) is 12. The van der Waals surface area contributed by atoms with Gasteiger partial charge in [-0.1, -0.05) is 292 Å². The lowest BCUT2D eigenvalue weighted by atomic mass is 9.89. The van der Waals surface area contributed by atoms with Gasteiger partial charge in [-0.15, -0.1) is 0 Å². The second-order valence-electron chi connectivity index (χ2n) is 42.6. The molecule has 10 aromatic carbocycles. The molecule has 0 aliphatic heterocycles. The topological polar surface area (TPSA) is 159 Å². The summed E-state index contributed by atoms with van der Waals surface area (Å²) < 4.78 is 156. The maximum absolute atomic E-state index is 13.4. The van der Waals surface area contributed by atoms with Gasteiger partial charge in [0, 0.05) is 141 Å². The molecule has 0 spiro atoms. The highest BCUT2D eigenvalue weighted by atomic mass is 35.5. The van der Waals surface area contributed by atoms with E-state index in [2.05, 4.69) is 59.6 Å². The van der Waals surface area contributed by atoms with Gasteiger partial charge < -0.3 is 45.7 Å². The van der Waals surface area contributed by atoms with Gasteiger partial charge in [-0.2, -0.15) is 0 Å². The van der Waals surface area contributed by atoms with Crippen LogP contribution in [0.2, 0.25) is 30.1 Å². The first-order chi connectivity index (χ1) is 73.7. The van der Waals surface area contributed by atoms with Crippen LogP contribution in [-0.4, -0.2) is 67.5 Å². The number of halogens is 7. The van der Waals surface area contributed by atoms with Crippen LogP contribution in [0.25, 0.3) is 0 Å². The normalized spacial score (nSPS) is 16.2. The van der Waals surface area contributed by atoms with Crippen molar-refractivity contribution in [2.24, 2.45) is 65.1 Å². The summed E-state index contributed by atoms with van der Waals surface area (Å²) >= 11 is 36.5. The van der Waals surface area contributed by atoms with Crippen molar-refractivity contribution in [2.75, 3.05) is 90.9 Å². The second-order valence-corrected chi connectivity index (χ2v) is 52.9. The van der Waals surface area contributed by atoms with Gasteiger partial charge in [0.1, 0.15) is 25.3 Å². The number of anilines is 6. The van der Waals surface area contributed by atoms with E-state index in [1.54, 1.807) is 86.7 Å². The van der Waals surface area contributed by atoms with Crippen molar-refractivity contribution in [2.45, 2.75) is 302 Å². The van der Waals surface area contributed by atoms with E-state index >= 15 is 0 Å². The van der Waals surface area contributed by atoms with Crippen LogP contribution in [0, 0.1) is 70.9 Å². The Bertz CT molecular complexity index is 5920. The van der Waals surface area contributed by atoms with Crippen LogP contribution >= 0.6 is 84.1 Å². The van der Waals surface area contributed by atoms with E-state index in [0.29, 0.717) is 119 Å². The van der Waals surface area contributed by atoms with Crippen molar-refractivity contribution in [3.05, 3.63) is 292 Å². The minimum atomic E-state index is -3.19. The summed E-state index contributed by atoms with van der Waals surface area (Å²) in [5.41, 5.74) is 13.8. The summed E-state index contributed by atoms with van der Waals surface area (Å²) in [5.74, 6) is 3.67. The van der Waals surface area contributed by atoms with Crippen molar-refractivity contribution in [3.8, 4) is 5.75 Å². The molecule has 12 nitrogen and oxygen atoms in total. The molecule has 0 heterocycles. The van der Waals surface area contributed by atoms with Crippen LogP contribution in [0.3, 0.4) is 0 Å². The molecule has 4 saturated carbocycles. The van der Waals surface area contributed by atoms with Crippen LogP contribution in [0.1, 0.15) is 302 Å². The first-order valence-electron chi connectivity index (χ1n) is 58.6. The molecule has 4 aliphatic carbocycles. The lowest BCUT2D eigenvalue weighted by Crippen LogP contribution is -2.18. The zero-order valence-electron chi connectivity index (χ0n) is 101. The molecule has 147 heavy (non-hydrogen) atoms. The minimum absolute atomic E-state index is 0.0915. The number of nitrogens with one attached hydrogen (secondary N) is 6. The monoisotopic (exact) mass is 2190 g/mol. The Kier molecular flexibility index (Phi) is 48.8. The second kappa shape index (κ2) is 65.4. The molecular formula is C125H177Cl6FN6O6P2S. The Morgan fingerprint density at radius 3 is 0.891 bits per heavy atom. The van der Waals surface area contributed by atoms with E-state index in [9.17, 15) is 21.9 Å². The molecule has 14 rings (SSSR count). The lowest BCUT2D eigenvalue weighted by Gasteiger charge is -2.23. The molecule has 10 aromatic rings. The van der Waals surface area contributed by atoms with Gasteiger partial charge >= 0.3 is 0 Å². The van der Waals surface area contributed by atoms with Crippen molar-refractivity contribution in [1.29, 1.82) is 0 Å². The fourth-order valence-corrected chi connectivity index (χ4v) is 22.2. The molecule has 808 valence electrons. The lowest BCUT2D eigenvalue weighted by molar-refractivity contribution is 0.301. The number of rotatable bonds is 40. The zero-order valence-corrected chi connectivity index (χ0v) is 98.2. The summed E-state index contributed by atoms with van der Waals surface area (Å²) in [4.78, 5) is 0.281. The van der Waals surface area contributed by atoms with Gasteiger partial charge in [0.25, 0.3) is 0 Å². The summed E-state index contributed by atoms with van der Waals surface area (Å²) in [6.07, 6.45) is 22.2. The minimum Gasteiger partial charge on any atom is -0.489 e. The van der Waals surface area contributed by atoms with Crippen LogP contribution in [-0.2, 0) is 87.9 Å². The predicted octanol–water partition coefficient (Wildman–Crippen LogP) is 37.2. The quantitative estimate of drug-likeness (QED) is 0.0202. The summed E-state index contributed by atoms with van der Waals surface area (Å²) in [7, 11) is -8.15. The predicted molar refractivity (Wildman–Crippen MR) is 640 cm³/mol. The van der Waals surface area contributed by atoms with Crippen LogP contribution in [0.15, 0.2) is 205 Å². The van der Waals surface area contributed by atoms with E-state index in [1.807, 2.05) is 197 Å². The third kappa shape index (κ3) is 48.8. The van der Waals surface area contributed by atoms with Crippen molar-refractivity contribution in [3.63, 3.8) is 0 Å². The molecule has 0 saturated heterocycles. The third-order valence-electron chi connectivity index (χ3n) is 25.7. The highest BCUT2D eigenvalue weighted by molar-refractivity contribution is 7.90. The molecule has 0 amide bonds. The van der Waals surface area contributed by atoms with Gasteiger partial charge in [0.15, 0.2) is 9.84 Å². The molecule has 4 aliphatic rings. The third-order valence-corrected chi connectivity index (χ3v) is 31.8. The zero-order chi connectivity index (χ0) is 116. The average molecular weight is 2200 g/mol. The Hall–Kier alpha value is -7.16. The highest BCUT2D eigenvalue weighted by Crippen LogP contribution is 2.42. The van der Waals surface area contributed by atoms with Gasteiger partial charge in [-0.05, 0) is 389 Å². The molecule has 22 heteroatoms. The Morgan fingerprint density at radius 1 is 0.340 bits per heavy atom. The maximum Gasteiger partial charge on any atom is 0.229 e. The van der Waals surface area contributed by atoms with Gasteiger partial charge in [0.05, 0.1) is 11.5 Å². The SMILES string of the molecule is CC(C)Cc1cc(Cl)ccc1NCc1ccc(P(C)(C)=O)cc1.CC(C)Cc1cc(F)ccc1OCc1ccc(S(C)(=O)=O)cc1.[2H]C([2H])(c1cc(Cl)ccc1NCC1CCCCC1)C(C)C.[2H]C([2H])(c1cc(Cl)ccc1NCC1CCCCC1)C(C)C.[2H]C([2H])(c1cc(Cl)ccc1NCC1CCCCC1)C(C)C.[2H]C([2H])(c1cc(Cl)ccc1NCC1CCCCC1)C(C)C.[2H]C([2H])(c1cc(Cl)ccc1NCc1ccc(P(C)(=O)OCC)cc1)C(C)C. The van der Waals surface area contributed by atoms with Crippen molar-refractivity contribution >= 4 is 139 Å². The molecule has 1 atom stereocenters. The standard InChI is InChI=1S/C20H27ClNO2P.C19H25ClNOP.C18H21FO3S.4C17H26ClN/c1-5-24-25(4,23)19-9-6-16(7-10-19)14-22-20-11-8-18(21)13-17(20)12-15(2)3;1-14(2)11-16-12-17(20)7-10-19(16)21-13-15-5-8-18(9-6-15)23(3,4)22;1-13(2)10-15-11-16(19)6-9-18(15)22-12-14-4-7-17(8-5-14)23(3,20)21;4*1-13(2)10-15-11-16(18)8-9-17(15)19-12-14-6-4-3-5-7-14/h6-11,13,15,22H,5,12,14H2,1-4H3;5-10,12,14,21H,11,13H2,1-4H3;4-9,11,13H,10,12H2,1-3H3;4*8-9,11,13-14,19H,3-7,10,12H2,1-2H3/i12D2;;;4*10D2. The Morgan fingerprint density at radius 2 is 0.612 bits per heavy atom. The van der Waals surface area contributed by atoms with Gasteiger partial charge in [-0.25, -0.2) is 12.8 Å². The summed E-state index contributed by atoms with van der Waals surface area (Å²) in [6.45, 7) is 40.3. The fraction of sp³-hybridized carbons (Fsp3) is 0.520. The van der Waals surface area contributed by atoms with Crippen LogP contribution < -0.4 is 47.2 Å². The highest BCUT2D eigenvalue weighted by Gasteiger charge is 2.24. The average Bonchev–Trinajstić information content (AvgIpc) is 0.805. The van der Waals surface area contributed by atoms with E-state index in [1.165, 1.54) is 158 Å². The molecule has 0 bridgehead atoms. The number of ether oxygens (including phenoxy) is 1. The van der Waals surface area contributed by atoms with Gasteiger partial charge in [0.2, 0.25) is 7.37 Å². The van der Waals surface area contributed by atoms with Gasteiger partial charge in [-0.3, -0.25) is 4.57 Å². The van der Waals surface area contributed by atoms with Crippen molar-refractivity contribution in [1.82, 2.24) is 0 Å². The molecular weight excluding hydrogens is 2010 g/mol. The smallest absolute Gasteiger partial charge is 0.229 e. The van der Waals surface area contributed by atoms with E-state index in [-0.39, 0.29) is 40.3 Å². The molecule has 0 radical (unpaired) electrons. The van der Waals surface area contributed by atoms with E-state index in [0.717, 1.165) is 107 Å². The van der Waals surface area contributed by atoms with Crippen LogP contribution in [0.5, 0.6) is 5.75 Å². The van der Waals surface area contributed by atoms with E-state index < -0.39 is 56.2 Å². The number of hydrogen-bond donors (Lipinski definition) is 6. The van der Waals surface area contributed by atoms with Crippen LogP contribution in [0.4, 0.5) is 38.5 Å². The summed E-state index contributed by atoms with van der Waals surface area (Å²) in [6, 6.07) is 59.9. The maximum atomic E-state index is 13.4.